The van der Waals surface area contributed by atoms with E-state index in [0.29, 0.717) is 11.2 Å². The average Bonchev–Trinajstić information content (AvgIpc) is 3.06. The SMILES string of the molecule is COc1ccc2cnc3c(C(=O)NC4CCCCC4)cnn3c2c1. The van der Waals surface area contributed by atoms with Gasteiger partial charge in [0.25, 0.3) is 5.91 Å². The highest BCUT2D eigenvalue weighted by molar-refractivity contribution is 6.00. The molecule has 6 nitrogen and oxygen atoms in total. The standard InChI is InChI=1S/C18H20N4O2/c1-24-14-8-7-12-10-19-17-15(11-20-22(17)16(12)9-14)18(23)21-13-5-3-2-4-6-13/h7-11,13H,2-6H2,1H3,(H,21,23). The van der Waals surface area contributed by atoms with E-state index in [-0.39, 0.29) is 11.9 Å². The molecule has 2 aromatic heterocycles. The topological polar surface area (TPSA) is 68.5 Å². The van der Waals surface area contributed by atoms with E-state index in [1.807, 2.05) is 18.2 Å². The first-order valence-electron chi connectivity index (χ1n) is 8.37. The van der Waals surface area contributed by atoms with E-state index in [4.69, 9.17) is 4.74 Å². The summed E-state index contributed by atoms with van der Waals surface area (Å²) in [5.41, 5.74) is 1.96. The van der Waals surface area contributed by atoms with Gasteiger partial charge >= 0.3 is 0 Å². The summed E-state index contributed by atoms with van der Waals surface area (Å²) in [5, 5.41) is 8.45. The number of methoxy groups -OCH3 is 1. The van der Waals surface area contributed by atoms with Gasteiger partial charge in [0.2, 0.25) is 0 Å². The summed E-state index contributed by atoms with van der Waals surface area (Å²) in [7, 11) is 1.63. The molecule has 0 saturated heterocycles. The zero-order valence-corrected chi connectivity index (χ0v) is 13.7. The summed E-state index contributed by atoms with van der Waals surface area (Å²) in [6, 6.07) is 5.99. The molecule has 1 aromatic carbocycles. The first kappa shape index (κ1) is 14.9. The third-order valence-corrected chi connectivity index (χ3v) is 4.72. The number of rotatable bonds is 3. The lowest BCUT2D eigenvalue weighted by Gasteiger charge is -2.22. The Hall–Kier alpha value is -2.63. The summed E-state index contributed by atoms with van der Waals surface area (Å²) in [5.74, 6) is 0.658. The number of carbonyl (C=O) groups is 1. The maximum Gasteiger partial charge on any atom is 0.256 e. The molecule has 0 radical (unpaired) electrons. The van der Waals surface area contributed by atoms with Crippen molar-refractivity contribution in [3.05, 3.63) is 36.2 Å². The Kier molecular flexibility index (Phi) is 3.80. The highest BCUT2D eigenvalue weighted by Gasteiger charge is 2.20. The van der Waals surface area contributed by atoms with E-state index >= 15 is 0 Å². The molecule has 0 atom stereocenters. The zero-order valence-electron chi connectivity index (χ0n) is 13.7. The number of fused-ring (bicyclic) bond motifs is 3. The van der Waals surface area contributed by atoms with Gasteiger partial charge in [0.1, 0.15) is 11.3 Å². The van der Waals surface area contributed by atoms with Crippen molar-refractivity contribution in [3.8, 4) is 5.75 Å². The molecule has 0 unspecified atom stereocenters. The smallest absolute Gasteiger partial charge is 0.256 e. The van der Waals surface area contributed by atoms with Gasteiger partial charge in [0.15, 0.2) is 5.65 Å². The Labute approximate surface area is 139 Å². The number of aromatic nitrogens is 3. The number of hydrogen-bond donors (Lipinski definition) is 1. The predicted molar refractivity (Wildman–Crippen MR) is 91.4 cm³/mol. The van der Waals surface area contributed by atoms with Crippen LogP contribution in [0, 0.1) is 0 Å². The Morgan fingerprint density at radius 2 is 2.08 bits per heavy atom. The van der Waals surface area contributed by atoms with Crippen molar-refractivity contribution in [1.29, 1.82) is 0 Å². The van der Waals surface area contributed by atoms with E-state index in [2.05, 4.69) is 15.4 Å². The third-order valence-electron chi connectivity index (χ3n) is 4.72. The second-order valence-corrected chi connectivity index (χ2v) is 6.28. The maximum atomic E-state index is 12.6. The van der Waals surface area contributed by atoms with E-state index in [1.54, 1.807) is 24.0 Å². The normalized spacial score (nSPS) is 15.7. The van der Waals surface area contributed by atoms with Crippen LogP contribution in [0.4, 0.5) is 0 Å². The molecule has 1 fully saturated rings. The van der Waals surface area contributed by atoms with E-state index < -0.39 is 0 Å². The van der Waals surface area contributed by atoms with Crippen molar-refractivity contribution >= 4 is 22.5 Å². The van der Waals surface area contributed by atoms with E-state index in [0.717, 1.165) is 29.5 Å². The molecule has 0 aliphatic heterocycles. The molecule has 4 rings (SSSR count). The number of ether oxygens (including phenoxy) is 1. The highest BCUT2D eigenvalue weighted by atomic mass is 16.5. The molecular formula is C18H20N4O2. The summed E-state index contributed by atoms with van der Waals surface area (Å²) in [6.07, 6.45) is 9.10. The van der Waals surface area contributed by atoms with Crippen LogP contribution in [-0.2, 0) is 0 Å². The van der Waals surface area contributed by atoms with Gasteiger partial charge in [-0.15, -0.1) is 0 Å². The molecule has 1 amide bonds. The fourth-order valence-electron chi connectivity index (χ4n) is 3.39. The van der Waals surface area contributed by atoms with Crippen molar-refractivity contribution in [2.24, 2.45) is 0 Å². The second-order valence-electron chi connectivity index (χ2n) is 6.28. The van der Waals surface area contributed by atoms with Gasteiger partial charge in [-0.05, 0) is 25.0 Å². The average molecular weight is 324 g/mol. The summed E-state index contributed by atoms with van der Waals surface area (Å²) in [4.78, 5) is 17.1. The largest absolute Gasteiger partial charge is 0.497 e. The van der Waals surface area contributed by atoms with Gasteiger partial charge in [-0.3, -0.25) is 4.79 Å². The van der Waals surface area contributed by atoms with Gasteiger partial charge < -0.3 is 10.1 Å². The van der Waals surface area contributed by atoms with Crippen molar-refractivity contribution < 1.29 is 9.53 Å². The third kappa shape index (κ3) is 2.58. The lowest BCUT2D eigenvalue weighted by Crippen LogP contribution is -2.36. The fraction of sp³-hybridized carbons (Fsp3) is 0.389. The summed E-state index contributed by atoms with van der Waals surface area (Å²) < 4.78 is 6.99. The van der Waals surface area contributed by atoms with Gasteiger partial charge in [0, 0.05) is 23.7 Å². The number of amides is 1. The predicted octanol–water partition coefficient (Wildman–Crippen LogP) is 2.95. The summed E-state index contributed by atoms with van der Waals surface area (Å²) in [6.45, 7) is 0. The molecule has 24 heavy (non-hydrogen) atoms. The molecule has 6 heteroatoms. The first-order chi connectivity index (χ1) is 11.8. The number of nitrogens with one attached hydrogen (secondary N) is 1. The number of benzene rings is 1. The van der Waals surface area contributed by atoms with Crippen LogP contribution in [0.2, 0.25) is 0 Å². The first-order valence-corrected chi connectivity index (χ1v) is 8.37. The van der Waals surface area contributed by atoms with Gasteiger partial charge in [-0.2, -0.15) is 5.10 Å². The number of nitrogens with zero attached hydrogens (tertiary/aromatic N) is 3. The Balaban J connectivity index is 1.71. The van der Waals surface area contributed by atoms with Gasteiger partial charge in [0.05, 0.1) is 18.8 Å². The van der Waals surface area contributed by atoms with Crippen LogP contribution < -0.4 is 10.1 Å². The zero-order chi connectivity index (χ0) is 16.5. The molecule has 3 aromatic rings. The van der Waals surface area contributed by atoms with Crippen LogP contribution in [0.25, 0.3) is 16.6 Å². The minimum Gasteiger partial charge on any atom is -0.497 e. The lowest BCUT2D eigenvalue weighted by molar-refractivity contribution is 0.0929. The Morgan fingerprint density at radius 3 is 2.88 bits per heavy atom. The van der Waals surface area contributed by atoms with Crippen molar-refractivity contribution in [1.82, 2.24) is 19.9 Å². The van der Waals surface area contributed by atoms with E-state index in [1.165, 1.54) is 19.3 Å². The molecule has 1 saturated carbocycles. The van der Waals surface area contributed by atoms with Crippen LogP contribution >= 0.6 is 0 Å². The molecular weight excluding hydrogens is 304 g/mol. The number of carbonyl (C=O) groups excluding carboxylic acids is 1. The highest BCUT2D eigenvalue weighted by Crippen LogP contribution is 2.23. The van der Waals surface area contributed by atoms with Crippen LogP contribution in [-0.4, -0.2) is 33.7 Å². The van der Waals surface area contributed by atoms with Crippen LogP contribution in [0.15, 0.2) is 30.6 Å². The van der Waals surface area contributed by atoms with Crippen LogP contribution in [0.3, 0.4) is 0 Å². The van der Waals surface area contributed by atoms with Gasteiger partial charge in [-0.25, -0.2) is 9.50 Å². The minimum absolute atomic E-state index is 0.0911. The molecule has 2 heterocycles. The summed E-state index contributed by atoms with van der Waals surface area (Å²) >= 11 is 0. The van der Waals surface area contributed by atoms with Crippen LogP contribution in [0.1, 0.15) is 42.5 Å². The van der Waals surface area contributed by atoms with Crippen molar-refractivity contribution in [2.75, 3.05) is 7.11 Å². The molecule has 0 bridgehead atoms. The Morgan fingerprint density at radius 1 is 1.25 bits per heavy atom. The molecule has 0 spiro atoms. The van der Waals surface area contributed by atoms with Crippen LogP contribution in [0.5, 0.6) is 5.75 Å². The number of hydrogen-bond acceptors (Lipinski definition) is 4. The molecule has 1 aliphatic carbocycles. The fourth-order valence-corrected chi connectivity index (χ4v) is 3.39. The molecule has 1 N–H and O–H groups in total. The molecule has 124 valence electrons. The Bertz CT molecular complexity index is 897. The second kappa shape index (κ2) is 6.11. The van der Waals surface area contributed by atoms with Crippen molar-refractivity contribution in [3.63, 3.8) is 0 Å². The molecule has 1 aliphatic rings. The van der Waals surface area contributed by atoms with Gasteiger partial charge in [-0.1, -0.05) is 19.3 Å². The maximum absolute atomic E-state index is 12.6. The lowest BCUT2D eigenvalue weighted by atomic mass is 9.95. The van der Waals surface area contributed by atoms with E-state index in [9.17, 15) is 4.79 Å². The monoisotopic (exact) mass is 324 g/mol. The van der Waals surface area contributed by atoms with Crippen molar-refractivity contribution in [2.45, 2.75) is 38.1 Å². The quantitative estimate of drug-likeness (QED) is 0.804. The minimum atomic E-state index is -0.0911.